The molecule has 0 unspecified atom stereocenters. The lowest BCUT2D eigenvalue weighted by Crippen LogP contribution is -2.43. The van der Waals surface area contributed by atoms with E-state index in [1.165, 1.54) is 0 Å². The Labute approximate surface area is 144 Å². The predicted octanol–water partition coefficient (Wildman–Crippen LogP) is 0.595. The number of fused-ring (bicyclic) bond motifs is 1. The van der Waals surface area contributed by atoms with E-state index in [1.807, 2.05) is 24.3 Å². The van der Waals surface area contributed by atoms with Gasteiger partial charge in [0.05, 0.1) is 11.3 Å². The number of primary amides is 1. The summed E-state index contributed by atoms with van der Waals surface area (Å²) in [6.07, 6.45) is 1.68. The number of carbonyl (C=O) groups is 1. The Balaban J connectivity index is 1.91. The van der Waals surface area contributed by atoms with Gasteiger partial charge in [0, 0.05) is 32.4 Å². The summed E-state index contributed by atoms with van der Waals surface area (Å²) < 4.78 is 0. The molecule has 1 saturated heterocycles. The van der Waals surface area contributed by atoms with Gasteiger partial charge in [-0.3, -0.25) is 9.78 Å². The van der Waals surface area contributed by atoms with Crippen LogP contribution in [0.5, 0.6) is 0 Å². The minimum Gasteiger partial charge on any atom is -0.367 e. The molecule has 3 aromatic rings. The van der Waals surface area contributed by atoms with Crippen molar-refractivity contribution in [2.24, 2.45) is 5.73 Å². The van der Waals surface area contributed by atoms with E-state index in [2.05, 4.69) is 30.4 Å². The zero-order chi connectivity index (χ0) is 17.2. The molecule has 3 N–H and O–H groups in total. The molecule has 1 amide bonds. The number of piperazine rings is 1. The maximum Gasteiger partial charge on any atom is 0.251 e. The monoisotopic (exact) mass is 335 g/mol. The van der Waals surface area contributed by atoms with Crippen LogP contribution in [0.25, 0.3) is 22.6 Å². The number of amides is 1. The topological polar surface area (TPSA) is 110 Å². The van der Waals surface area contributed by atoms with Crippen molar-refractivity contribution in [3.05, 3.63) is 42.1 Å². The Morgan fingerprint density at radius 1 is 1.08 bits per heavy atom. The number of nitrogens with two attached hydrogens (primary N) is 1. The Morgan fingerprint density at radius 3 is 2.64 bits per heavy atom. The summed E-state index contributed by atoms with van der Waals surface area (Å²) in [5, 5.41) is 11.7. The number of anilines is 1. The SMILES string of the molecule is NC(=O)c1ccc(N2CCNCC2)c2nc(-c3ccccn3)nnc12. The molecule has 1 aliphatic rings. The molecule has 0 saturated carbocycles. The van der Waals surface area contributed by atoms with Crippen molar-refractivity contribution in [2.75, 3.05) is 31.1 Å². The van der Waals surface area contributed by atoms with Crippen LogP contribution in [-0.2, 0) is 0 Å². The number of aromatic nitrogens is 4. The van der Waals surface area contributed by atoms with Crippen molar-refractivity contribution >= 4 is 22.6 Å². The van der Waals surface area contributed by atoms with Gasteiger partial charge in [0.25, 0.3) is 5.91 Å². The van der Waals surface area contributed by atoms with E-state index in [-0.39, 0.29) is 0 Å². The van der Waals surface area contributed by atoms with Crippen molar-refractivity contribution in [1.29, 1.82) is 0 Å². The van der Waals surface area contributed by atoms with Gasteiger partial charge in [-0.25, -0.2) is 4.98 Å². The maximum atomic E-state index is 11.7. The van der Waals surface area contributed by atoms with Crippen LogP contribution in [0.1, 0.15) is 10.4 Å². The minimum atomic E-state index is -0.543. The largest absolute Gasteiger partial charge is 0.367 e. The molecular formula is C17H17N7O. The first kappa shape index (κ1) is 15.4. The normalized spacial score (nSPS) is 14.6. The highest BCUT2D eigenvalue weighted by Crippen LogP contribution is 2.28. The van der Waals surface area contributed by atoms with Crippen LogP contribution < -0.4 is 16.0 Å². The molecule has 8 nitrogen and oxygen atoms in total. The number of hydrogen-bond acceptors (Lipinski definition) is 7. The predicted molar refractivity (Wildman–Crippen MR) is 94.2 cm³/mol. The molecule has 4 rings (SSSR count). The van der Waals surface area contributed by atoms with Crippen LogP contribution in [0.3, 0.4) is 0 Å². The van der Waals surface area contributed by atoms with Gasteiger partial charge in [-0.1, -0.05) is 6.07 Å². The quantitative estimate of drug-likeness (QED) is 0.721. The lowest BCUT2D eigenvalue weighted by molar-refractivity contribution is 0.100. The van der Waals surface area contributed by atoms with Gasteiger partial charge in [0.2, 0.25) is 5.82 Å². The van der Waals surface area contributed by atoms with Crippen molar-refractivity contribution in [2.45, 2.75) is 0 Å². The van der Waals surface area contributed by atoms with E-state index in [9.17, 15) is 4.79 Å². The van der Waals surface area contributed by atoms with Gasteiger partial charge in [0.15, 0.2) is 0 Å². The Hall–Kier alpha value is -3.13. The minimum absolute atomic E-state index is 0.321. The molecule has 0 atom stereocenters. The third-order valence-electron chi connectivity index (χ3n) is 4.21. The van der Waals surface area contributed by atoms with Crippen LogP contribution >= 0.6 is 0 Å². The van der Waals surface area contributed by atoms with Crippen molar-refractivity contribution in [3.8, 4) is 11.5 Å². The van der Waals surface area contributed by atoms with Gasteiger partial charge in [0.1, 0.15) is 16.7 Å². The smallest absolute Gasteiger partial charge is 0.251 e. The van der Waals surface area contributed by atoms with Crippen LogP contribution in [-0.4, -0.2) is 52.3 Å². The Kier molecular flexibility index (Phi) is 3.95. The highest BCUT2D eigenvalue weighted by Gasteiger charge is 2.20. The average molecular weight is 335 g/mol. The number of nitrogens with zero attached hydrogens (tertiary/aromatic N) is 5. The highest BCUT2D eigenvalue weighted by molar-refractivity contribution is 6.07. The van der Waals surface area contributed by atoms with Crippen LogP contribution in [0.15, 0.2) is 36.5 Å². The lowest BCUT2D eigenvalue weighted by Gasteiger charge is -2.30. The number of pyridine rings is 1. The van der Waals surface area contributed by atoms with Crippen molar-refractivity contribution in [1.82, 2.24) is 25.5 Å². The van der Waals surface area contributed by atoms with E-state index >= 15 is 0 Å². The molecule has 0 spiro atoms. The van der Waals surface area contributed by atoms with Crippen LogP contribution in [0.2, 0.25) is 0 Å². The summed E-state index contributed by atoms with van der Waals surface area (Å²) in [6, 6.07) is 9.09. The summed E-state index contributed by atoms with van der Waals surface area (Å²) >= 11 is 0. The second kappa shape index (κ2) is 6.40. The molecule has 1 aromatic carbocycles. The standard InChI is InChI=1S/C17H17N7O/c18-16(25)11-4-5-13(24-9-7-19-8-10-24)15-14(11)22-23-17(21-15)12-3-1-2-6-20-12/h1-6,19H,7-10H2,(H2,18,25). The molecule has 1 aliphatic heterocycles. The van der Waals surface area contributed by atoms with E-state index in [0.717, 1.165) is 31.9 Å². The number of rotatable bonds is 3. The second-order valence-corrected chi connectivity index (χ2v) is 5.78. The van der Waals surface area contributed by atoms with E-state index in [4.69, 9.17) is 5.73 Å². The Bertz CT molecular complexity index is 923. The first-order valence-electron chi connectivity index (χ1n) is 8.08. The van der Waals surface area contributed by atoms with Crippen molar-refractivity contribution < 1.29 is 4.79 Å². The average Bonchev–Trinajstić information content (AvgIpc) is 2.68. The van der Waals surface area contributed by atoms with Gasteiger partial charge in [-0.2, -0.15) is 0 Å². The molecule has 8 heteroatoms. The number of hydrogen-bond donors (Lipinski definition) is 2. The zero-order valence-electron chi connectivity index (χ0n) is 13.5. The van der Waals surface area contributed by atoms with E-state index in [0.29, 0.717) is 28.1 Å². The summed E-state index contributed by atoms with van der Waals surface area (Å²) in [4.78, 5) is 22.9. The van der Waals surface area contributed by atoms with Gasteiger partial charge in [-0.05, 0) is 24.3 Å². The fraction of sp³-hybridized carbons (Fsp3) is 0.235. The molecule has 1 fully saturated rings. The molecule has 126 valence electrons. The Morgan fingerprint density at radius 2 is 1.92 bits per heavy atom. The molecule has 2 aromatic heterocycles. The second-order valence-electron chi connectivity index (χ2n) is 5.78. The van der Waals surface area contributed by atoms with Crippen LogP contribution in [0.4, 0.5) is 5.69 Å². The molecule has 25 heavy (non-hydrogen) atoms. The van der Waals surface area contributed by atoms with Gasteiger partial charge in [-0.15, -0.1) is 10.2 Å². The van der Waals surface area contributed by atoms with Gasteiger partial charge < -0.3 is 16.0 Å². The summed E-state index contributed by atoms with van der Waals surface area (Å²) in [5.74, 6) is -0.121. The summed E-state index contributed by atoms with van der Waals surface area (Å²) in [6.45, 7) is 3.50. The third kappa shape index (κ3) is 2.87. The fourth-order valence-electron chi connectivity index (χ4n) is 2.97. The molecule has 3 heterocycles. The third-order valence-corrected chi connectivity index (χ3v) is 4.21. The fourth-order valence-corrected chi connectivity index (χ4v) is 2.97. The lowest BCUT2D eigenvalue weighted by atomic mass is 10.1. The first-order valence-corrected chi connectivity index (χ1v) is 8.08. The number of carbonyl (C=O) groups excluding carboxylic acids is 1. The van der Waals surface area contributed by atoms with Gasteiger partial charge >= 0.3 is 0 Å². The van der Waals surface area contributed by atoms with Crippen LogP contribution in [0, 0.1) is 0 Å². The molecular weight excluding hydrogens is 318 g/mol. The van der Waals surface area contributed by atoms with E-state index < -0.39 is 5.91 Å². The highest BCUT2D eigenvalue weighted by atomic mass is 16.1. The zero-order valence-corrected chi connectivity index (χ0v) is 13.5. The summed E-state index contributed by atoms with van der Waals surface area (Å²) in [7, 11) is 0. The van der Waals surface area contributed by atoms with E-state index in [1.54, 1.807) is 12.3 Å². The molecule has 0 bridgehead atoms. The maximum absolute atomic E-state index is 11.7. The van der Waals surface area contributed by atoms with Crippen molar-refractivity contribution in [3.63, 3.8) is 0 Å². The molecule has 0 aliphatic carbocycles. The molecule has 0 radical (unpaired) electrons. The number of benzene rings is 1. The number of nitrogens with one attached hydrogen (secondary N) is 1. The summed E-state index contributed by atoms with van der Waals surface area (Å²) in [5.41, 5.74) is 8.40. The first-order chi connectivity index (χ1) is 12.2.